The van der Waals surface area contributed by atoms with Gasteiger partial charge in [-0.3, -0.25) is 0 Å². The summed E-state index contributed by atoms with van der Waals surface area (Å²) in [6, 6.07) is 39.0. The highest BCUT2D eigenvalue weighted by Gasteiger charge is 2.21. The molecule has 0 aromatic heterocycles. The molecule has 0 nitrogen and oxygen atoms in total. The third-order valence-electron chi connectivity index (χ3n) is 8.56. The van der Waals surface area contributed by atoms with Gasteiger partial charge in [0.15, 0.2) is 0 Å². The Bertz CT molecular complexity index is 1830. The predicted octanol–water partition coefficient (Wildman–Crippen LogP) is 11.6. The first kappa shape index (κ1) is 26.3. The highest BCUT2D eigenvalue weighted by molar-refractivity contribution is 6.25. The minimum Gasteiger partial charge on any atom is -0.0616 e. The molecule has 0 N–H and O–H groups in total. The number of rotatable bonds is 3. The van der Waals surface area contributed by atoms with Crippen LogP contribution in [0.3, 0.4) is 0 Å². The standard InChI is InChI=1S/C40H40/c1-8-26-23-30(40(5,6)7)25-36(38(26)27-17-20-29(21-18-27)39(2,3)4)28-19-22-35-33-15-10-9-13-31(33)32-14-11-12-16-34(32)37(35)24-28/h9-25H,8H2,1-7H3. The van der Waals surface area contributed by atoms with Crippen molar-refractivity contribution in [3.63, 3.8) is 0 Å². The zero-order valence-electron chi connectivity index (χ0n) is 25.0. The van der Waals surface area contributed by atoms with Gasteiger partial charge in [0.1, 0.15) is 0 Å². The molecule has 40 heavy (non-hydrogen) atoms. The van der Waals surface area contributed by atoms with E-state index < -0.39 is 0 Å². The summed E-state index contributed by atoms with van der Waals surface area (Å²) < 4.78 is 0. The fourth-order valence-electron chi connectivity index (χ4n) is 6.19. The van der Waals surface area contributed by atoms with Crippen molar-refractivity contribution in [2.45, 2.75) is 65.7 Å². The number of hydrogen-bond acceptors (Lipinski definition) is 0. The van der Waals surface area contributed by atoms with Crippen LogP contribution < -0.4 is 0 Å². The molecule has 0 bridgehead atoms. The first-order valence-electron chi connectivity index (χ1n) is 14.7. The lowest BCUT2D eigenvalue weighted by Crippen LogP contribution is -2.12. The van der Waals surface area contributed by atoms with E-state index in [1.807, 2.05) is 0 Å². The summed E-state index contributed by atoms with van der Waals surface area (Å²) in [5, 5.41) is 7.91. The fourth-order valence-corrected chi connectivity index (χ4v) is 6.19. The molecule has 0 atom stereocenters. The third-order valence-corrected chi connectivity index (χ3v) is 8.56. The highest BCUT2D eigenvalue weighted by atomic mass is 14.3. The van der Waals surface area contributed by atoms with Crippen LogP contribution in [0.4, 0.5) is 0 Å². The Balaban J connectivity index is 1.67. The highest BCUT2D eigenvalue weighted by Crippen LogP contribution is 2.42. The van der Waals surface area contributed by atoms with E-state index in [2.05, 4.69) is 152 Å². The lowest BCUT2D eigenvalue weighted by Gasteiger charge is -2.25. The molecule has 0 unspecified atom stereocenters. The maximum absolute atomic E-state index is 2.45. The van der Waals surface area contributed by atoms with E-state index >= 15 is 0 Å². The topological polar surface area (TPSA) is 0 Å². The molecule has 0 spiro atoms. The average Bonchev–Trinajstić information content (AvgIpc) is 2.95. The van der Waals surface area contributed by atoms with Gasteiger partial charge >= 0.3 is 0 Å². The normalized spacial score (nSPS) is 12.5. The van der Waals surface area contributed by atoms with E-state index in [-0.39, 0.29) is 10.8 Å². The second-order valence-corrected chi connectivity index (χ2v) is 13.3. The number of aryl methyl sites for hydroxylation is 1. The van der Waals surface area contributed by atoms with Crippen molar-refractivity contribution in [3.8, 4) is 22.3 Å². The van der Waals surface area contributed by atoms with Gasteiger partial charge in [0.25, 0.3) is 0 Å². The molecule has 0 heterocycles. The summed E-state index contributed by atoms with van der Waals surface area (Å²) in [5.74, 6) is 0. The average molecular weight is 521 g/mol. The fraction of sp³-hybridized carbons (Fsp3) is 0.250. The van der Waals surface area contributed by atoms with Crippen molar-refractivity contribution in [1.82, 2.24) is 0 Å². The van der Waals surface area contributed by atoms with Gasteiger partial charge in [-0.25, -0.2) is 0 Å². The Morgan fingerprint density at radius 1 is 0.450 bits per heavy atom. The molecule has 0 saturated carbocycles. The Hall–Kier alpha value is -3.90. The van der Waals surface area contributed by atoms with Crippen molar-refractivity contribution in [2.24, 2.45) is 0 Å². The number of hydrogen-bond donors (Lipinski definition) is 0. The van der Waals surface area contributed by atoms with Gasteiger partial charge in [-0.15, -0.1) is 0 Å². The lowest BCUT2D eigenvalue weighted by atomic mass is 9.79. The van der Waals surface area contributed by atoms with Crippen molar-refractivity contribution in [2.75, 3.05) is 0 Å². The largest absolute Gasteiger partial charge is 0.0616 e. The molecule has 0 amide bonds. The van der Waals surface area contributed by atoms with E-state index in [1.165, 1.54) is 71.3 Å². The Labute approximate surface area is 239 Å². The quantitative estimate of drug-likeness (QED) is 0.204. The van der Waals surface area contributed by atoms with Crippen LogP contribution in [0.1, 0.15) is 65.2 Å². The van der Waals surface area contributed by atoms with Gasteiger partial charge in [-0.05, 0) is 101 Å². The van der Waals surface area contributed by atoms with Crippen LogP contribution >= 0.6 is 0 Å². The van der Waals surface area contributed by atoms with E-state index in [0.29, 0.717) is 0 Å². The van der Waals surface area contributed by atoms with Gasteiger partial charge < -0.3 is 0 Å². The smallest absolute Gasteiger partial charge is 0.00732 e. The van der Waals surface area contributed by atoms with Gasteiger partial charge in [0.2, 0.25) is 0 Å². The summed E-state index contributed by atoms with van der Waals surface area (Å²) in [7, 11) is 0. The summed E-state index contributed by atoms with van der Waals surface area (Å²) in [5.41, 5.74) is 9.62. The van der Waals surface area contributed by atoms with Crippen LogP contribution in [-0.2, 0) is 17.3 Å². The molecule has 6 rings (SSSR count). The van der Waals surface area contributed by atoms with Crippen molar-refractivity contribution in [1.29, 1.82) is 0 Å². The Morgan fingerprint density at radius 3 is 1.43 bits per heavy atom. The van der Waals surface area contributed by atoms with E-state index in [1.54, 1.807) is 0 Å². The first-order valence-corrected chi connectivity index (χ1v) is 14.7. The molecule has 0 fully saturated rings. The molecule has 0 radical (unpaired) electrons. The molecule has 0 heteroatoms. The molecular formula is C40H40. The Kier molecular flexibility index (Phi) is 6.34. The zero-order valence-corrected chi connectivity index (χ0v) is 25.0. The van der Waals surface area contributed by atoms with Crippen molar-refractivity contribution in [3.05, 3.63) is 120 Å². The van der Waals surface area contributed by atoms with Crippen molar-refractivity contribution >= 4 is 32.3 Å². The number of fused-ring (bicyclic) bond motifs is 6. The van der Waals surface area contributed by atoms with Crippen molar-refractivity contribution < 1.29 is 0 Å². The Morgan fingerprint density at radius 2 is 0.925 bits per heavy atom. The minimum atomic E-state index is 0.0625. The van der Waals surface area contributed by atoms with Crippen LogP contribution in [0.2, 0.25) is 0 Å². The SMILES string of the molecule is CCc1cc(C(C)(C)C)cc(-c2ccc3c4ccccc4c4ccccc4c3c2)c1-c1ccc(C(C)(C)C)cc1. The molecule has 0 aliphatic rings. The number of benzene rings is 6. The van der Waals surface area contributed by atoms with Crippen LogP contribution in [0.5, 0.6) is 0 Å². The lowest BCUT2D eigenvalue weighted by molar-refractivity contribution is 0.589. The summed E-state index contributed by atoms with van der Waals surface area (Å²) in [6.07, 6.45) is 0.994. The van der Waals surface area contributed by atoms with Gasteiger partial charge in [0.05, 0.1) is 0 Å². The molecular weight excluding hydrogens is 480 g/mol. The minimum absolute atomic E-state index is 0.0625. The van der Waals surface area contributed by atoms with Gasteiger partial charge in [0, 0.05) is 0 Å². The van der Waals surface area contributed by atoms with Crippen LogP contribution in [-0.4, -0.2) is 0 Å². The second-order valence-electron chi connectivity index (χ2n) is 13.3. The second kappa shape index (κ2) is 9.63. The van der Waals surface area contributed by atoms with Crippen LogP contribution in [0, 0.1) is 0 Å². The zero-order chi connectivity index (χ0) is 28.2. The molecule has 6 aromatic carbocycles. The van der Waals surface area contributed by atoms with Gasteiger partial charge in [-0.1, -0.05) is 139 Å². The van der Waals surface area contributed by atoms with E-state index in [0.717, 1.165) is 6.42 Å². The maximum atomic E-state index is 2.45. The molecule has 0 saturated heterocycles. The maximum Gasteiger partial charge on any atom is -0.00732 e. The van der Waals surface area contributed by atoms with Crippen LogP contribution in [0.15, 0.2) is 103 Å². The summed E-state index contributed by atoms with van der Waals surface area (Å²) in [6.45, 7) is 16.1. The summed E-state index contributed by atoms with van der Waals surface area (Å²) >= 11 is 0. The monoisotopic (exact) mass is 520 g/mol. The molecule has 0 aliphatic carbocycles. The first-order chi connectivity index (χ1) is 19.1. The summed E-state index contributed by atoms with van der Waals surface area (Å²) in [4.78, 5) is 0. The van der Waals surface area contributed by atoms with Crippen LogP contribution in [0.25, 0.3) is 54.6 Å². The third kappa shape index (κ3) is 4.50. The van der Waals surface area contributed by atoms with E-state index in [9.17, 15) is 0 Å². The molecule has 6 aromatic rings. The molecule has 0 aliphatic heterocycles. The van der Waals surface area contributed by atoms with Gasteiger partial charge in [-0.2, -0.15) is 0 Å². The van der Waals surface area contributed by atoms with E-state index in [4.69, 9.17) is 0 Å². The predicted molar refractivity (Wildman–Crippen MR) is 177 cm³/mol. The molecule has 200 valence electrons.